The van der Waals surface area contributed by atoms with Crippen molar-refractivity contribution in [3.05, 3.63) is 70.7 Å². The lowest BCUT2D eigenvalue weighted by atomic mass is 9.79. The van der Waals surface area contributed by atoms with Crippen molar-refractivity contribution in [3.8, 4) is 5.75 Å². The van der Waals surface area contributed by atoms with Gasteiger partial charge in [0, 0.05) is 27.4 Å². The van der Waals surface area contributed by atoms with Gasteiger partial charge in [-0.2, -0.15) is 0 Å². The van der Waals surface area contributed by atoms with Gasteiger partial charge in [0.05, 0.1) is 5.69 Å². The summed E-state index contributed by atoms with van der Waals surface area (Å²) in [5.74, 6) is 0.0298. The quantitative estimate of drug-likeness (QED) is 0.423. The summed E-state index contributed by atoms with van der Waals surface area (Å²) in [5, 5.41) is 24.6. The Morgan fingerprint density at radius 1 is 1.14 bits per heavy atom. The fourth-order valence-corrected chi connectivity index (χ4v) is 3.76. The number of halogens is 1. The van der Waals surface area contributed by atoms with Crippen molar-refractivity contribution in [1.29, 1.82) is 0 Å². The van der Waals surface area contributed by atoms with Crippen molar-refractivity contribution in [2.45, 2.75) is 26.4 Å². The molecule has 3 aromatic rings. The first-order valence-corrected chi connectivity index (χ1v) is 10.2. The van der Waals surface area contributed by atoms with E-state index in [1.54, 1.807) is 18.2 Å². The smallest absolute Gasteiger partial charge is 0.412 e. The first kappa shape index (κ1) is 21.1. The molecular formula is C23H24BrNO4. The maximum absolute atomic E-state index is 12.8. The molecule has 3 aromatic carbocycles. The summed E-state index contributed by atoms with van der Waals surface area (Å²) in [6.45, 7) is 3.71. The summed E-state index contributed by atoms with van der Waals surface area (Å²) in [7, 11) is 0. The number of anilines is 1. The average molecular weight is 458 g/mol. The van der Waals surface area contributed by atoms with Crippen LogP contribution in [0.3, 0.4) is 0 Å². The van der Waals surface area contributed by atoms with E-state index in [1.165, 1.54) is 0 Å². The molecule has 1 atom stereocenters. The van der Waals surface area contributed by atoms with E-state index < -0.39 is 17.6 Å². The van der Waals surface area contributed by atoms with Gasteiger partial charge in [-0.1, -0.05) is 66.2 Å². The highest BCUT2D eigenvalue weighted by Gasteiger charge is 2.36. The minimum absolute atomic E-state index is 0.0298. The molecule has 0 heterocycles. The normalized spacial score (nSPS) is 12.6. The van der Waals surface area contributed by atoms with Crippen LogP contribution in [-0.4, -0.2) is 22.9 Å². The van der Waals surface area contributed by atoms with E-state index in [9.17, 15) is 15.0 Å². The Labute approximate surface area is 178 Å². The molecule has 5 nitrogen and oxygen atoms in total. The number of carbonyl (C=O) groups is 1. The molecule has 3 N–H and O–H groups in total. The fourth-order valence-electron chi connectivity index (χ4n) is 3.38. The van der Waals surface area contributed by atoms with Crippen molar-refractivity contribution in [2.75, 3.05) is 11.9 Å². The molecule has 152 valence electrons. The Kier molecular flexibility index (Phi) is 6.45. The van der Waals surface area contributed by atoms with Crippen molar-refractivity contribution in [1.82, 2.24) is 0 Å². The van der Waals surface area contributed by atoms with Gasteiger partial charge in [-0.3, -0.25) is 5.32 Å². The van der Waals surface area contributed by atoms with E-state index in [0.29, 0.717) is 17.7 Å². The first-order chi connectivity index (χ1) is 13.8. The molecule has 0 fully saturated rings. The molecular weight excluding hydrogens is 434 g/mol. The van der Waals surface area contributed by atoms with Crippen LogP contribution >= 0.6 is 15.9 Å². The zero-order valence-electron chi connectivity index (χ0n) is 16.4. The molecule has 3 rings (SSSR count). The standard InChI is InChI=1S/C23H24BrNO4/c1-23(2,12-13-26)21(18-14-16(24)10-11-20(18)27)29-22(28)25-19-9-5-7-15-6-3-4-8-17(15)19/h3-11,14,21,26-27H,12-13H2,1-2H3,(H,25,28)/t21-/m1/s1. The molecule has 0 spiro atoms. The second-order valence-corrected chi connectivity index (χ2v) is 8.52. The largest absolute Gasteiger partial charge is 0.508 e. The second kappa shape index (κ2) is 8.84. The van der Waals surface area contributed by atoms with Gasteiger partial charge in [0.2, 0.25) is 0 Å². The Morgan fingerprint density at radius 2 is 1.86 bits per heavy atom. The van der Waals surface area contributed by atoms with E-state index in [0.717, 1.165) is 15.2 Å². The molecule has 0 saturated carbocycles. The fraction of sp³-hybridized carbons (Fsp3) is 0.261. The van der Waals surface area contributed by atoms with E-state index in [2.05, 4.69) is 21.2 Å². The SMILES string of the molecule is CC(C)(CCO)[C@H](OC(=O)Nc1cccc2ccccc12)c1cc(Br)ccc1O. The van der Waals surface area contributed by atoms with Gasteiger partial charge in [0.1, 0.15) is 11.9 Å². The number of benzene rings is 3. The number of fused-ring (bicyclic) bond motifs is 1. The van der Waals surface area contributed by atoms with Crippen molar-refractivity contribution >= 4 is 38.5 Å². The van der Waals surface area contributed by atoms with Crippen LogP contribution in [0.5, 0.6) is 5.75 Å². The number of phenolic OH excluding ortho intramolecular Hbond substituents is 1. The maximum atomic E-state index is 12.8. The number of rotatable bonds is 6. The third kappa shape index (κ3) is 4.89. The average Bonchev–Trinajstić information content (AvgIpc) is 2.68. The molecule has 0 aromatic heterocycles. The molecule has 0 radical (unpaired) electrons. The van der Waals surface area contributed by atoms with Crippen LogP contribution in [0.25, 0.3) is 10.8 Å². The van der Waals surface area contributed by atoms with Gasteiger partial charge in [0.25, 0.3) is 0 Å². The number of aliphatic hydroxyl groups excluding tert-OH is 1. The minimum Gasteiger partial charge on any atom is -0.508 e. The number of aromatic hydroxyl groups is 1. The van der Waals surface area contributed by atoms with Crippen LogP contribution in [-0.2, 0) is 4.74 Å². The minimum atomic E-state index is -0.762. The molecule has 0 saturated heterocycles. The number of amides is 1. The second-order valence-electron chi connectivity index (χ2n) is 7.60. The molecule has 1 amide bonds. The highest BCUT2D eigenvalue weighted by Crippen LogP contribution is 2.43. The van der Waals surface area contributed by atoms with Gasteiger partial charge in [-0.05, 0) is 36.1 Å². The van der Waals surface area contributed by atoms with E-state index in [1.807, 2.05) is 56.3 Å². The van der Waals surface area contributed by atoms with E-state index in [-0.39, 0.29) is 12.4 Å². The summed E-state index contributed by atoms with van der Waals surface area (Å²) in [4.78, 5) is 12.8. The van der Waals surface area contributed by atoms with Gasteiger partial charge in [-0.15, -0.1) is 0 Å². The van der Waals surface area contributed by atoms with Crippen LogP contribution in [0, 0.1) is 5.41 Å². The molecule has 0 aliphatic rings. The molecule has 0 aliphatic carbocycles. The van der Waals surface area contributed by atoms with Gasteiger partial charge >= 0.3 is 6.09 Å². The zero-order chi connectivity index (χ0) is 21.0. The Bertz CT molecular complexity index is 1010. The third-order valence-electron chi connectivity index (χ3n) is 4.99. The number of hydrogen-bond acceptors (Lipinski definition) is 4. The summed E-state index contributed by atoms with van der Waals surface area (Å²) in [6, 6.07) is 18.4. The highest BCUT2D eigenvalue weighted by atomic mass is 79.9. The Balaban J connectivity index is 1.91. The van der Waals surface area contributed by atoms with Crippen LogP contribution < -0.4 is 5.32 Å². The van der Waals surface area contributed by atoms with Gasteiger partial charge < -0.3 is 14.9 Å². The summed E-state index contributed by atoms with van der Waals surface area (Å²) >= 11 is 3.40. The predicted molar refractivity (Wildman–Crippen MR) is 118 cm³/mol. The number of hydrogen-bond donors (Lipinski definition) is 3. The summed E-state index contributed by atoms with van der Waals surface area (Å²) < 4.78 is 6.56. The monoisotopic (exact) mass is 457 g/mol. The number of nitrogens with one attached hydrogen (secondary N) is 1. The molecule has 29 heavy (non-hydrogen) atoms. The van der Waals surface area contributed by atoms with Crippen LogP contribution in [0.15, 0.2) is 65.1 Å². The molecule has 0 aliphatic heterocycles. The maximum Gasteiger partial charge on any atom is 0.412 e. The van der Waals surface area contributed by atoms with Gasteiger partial charge in [-0.25, -0.2) is 4.79 Å². The van der Waals surface area contributed by atoms with Crippen LogP contribution in [0.4, 0.5) is 10.5 Å². The topological polar surface area (TPSA) is 78.8 Å². The summed E-state index contributed by atoms with van der Waals surface area (Å²) in [5.41, 5.74) is 0.513. The van der Waals surface area contributed by atoms with E-state index in [4.69, 9.17) is 4.74 Å². The lowest BCUT2D eigenvalue weighted by molar-refractivity contribution is 0.0139. The van der Waals surface area contributed by atoms with Crippen LogP contribution in [0.2, 0.25) is 0 Å². The van der Waals surface area contributed by atoms with Crippen molar-refractivity contribution < 1.29 is 19.7 Å². The Morgan fingerprint density at radius 3 is 2.62 bits per heavy atom. The zero-order valence-corrected chi connectivity index (χ0v) is 17.9. The number of carbonyl (C=O) groups excluding carboxylic acids is 1. The predicted octanol–water partition coefficient (Wildman–Crippen LogP) is 6.01. The third-order valence-corrected chi connectivity index (χ3v) is 5.48. The molecule has 6 heteroatoms. The number of ether oxygens (including phenoxy) is 1. The van der Waals surface area contributed by atoms with Crippen molar-refractivity contribution in [2.24, 2.45) is 5.41 Å². The highest BCUT2D eigenvalue weighted by molar-refractivity contribution is 9.10. The van der Waals surface area contributed by atoms with Gasteiger partial charge in [0.15, 0.2) is 0 Å². The van der Waals surface area contributed by atoms with E-state index >= 15 is 0 Å². The molecule has 0 bridgehead atoms. The summed E-state index contributed by atoms with van der Waals surface area (Å²) in [6.07, 6.45) is -0.996. The number of phenols is 1. The lowest BCUT2D eigenvalue weighted by Gasteiger charge is -2.34. The first-order valence-electron chi connectivity index (χ1n) is 9.36. The number of aliphatic hydroxyl groups is 1. The van der Waals surface area contributed by atoms with Crippen molar-refractivity contribution in [3.63, 3.8) is 0 Å². The lowest BCUT2D eigenvalue weighted by Crippen LogP contribution is -2.30. The Hall–Kier alpha value is -2.57. The van der Waals surface area contributed by atoms with Crippen LogP contribution in [0.1, 0.15) is 31.9 Å². The molecule has 0 unspecified atom stereocenters.